The summed E-state index contributed by atoms with van der Waals surface area (Å²) in [7, 11) is 8.43. The van der Waals surface area contributed by atoms with Gasteiger partial charge in [-0.2, -0.15) is 0 Å². The van der Waals surface area contributed by atoms with Crippen molar-refractivity contribution in [2.75, 3.05) is 67.5 Å². The van der Waals surface area contributed by atoms with Gasteiger partial charge in [-0.1, -0.05) is 41.5 Å². The number of hydrogen-bond donors (Lipinski definition) is 0. The smallest absolute Gasteiger partial charge is 0.312 e. The molecule has 0 aliphatic heterocycles. The normalized spacial score (nSPS) is 15.5. The third-order valence-electron chi connectivity index (χ3n) is 5.49. The van der Waals surface area contributed by atoms with Gasteiger partial charge in [-0.3, -0.25) is 4.79 Å². The van der Waals surface area contributed by atoms with E-state index < -0.39 is 5.41 Å². The monoisotopic (exact) mass is 385 g/mol. The highest BCUT2D eigenvalue weighted by molar-refractivity contribution is 5.77. The van der Waals surface area contributed by atoms with Crippen LogP contribution in [0.3, 0.4) is 0 Å². The van der Waals surface area contributed by atoms with Crippen molar-refractivity contribution in [3.63, 3.8) is 0 Å². The first-order valence-corrected chi connectivity index (χ1v) is 10.3. The zero-order chi connectivity index (χ0) is 21.5. The van der Waals surface area contributed by atoms with Crippen molar-refractivity contribution in [1.29, 1.82) is 0 Å². The summed E-state index contributed by atoms with van der Waals surface area (Å²) < 4.78 is 5.74. The number of carbonyl (C=O) groups excluding carboxylic acids is 1. The van der Waals surface area contributed by atoms with Gasteiger partial charge in [0.05, 0.1) is 5.41 Å². The summed E-state index contributed by atoms with van der Waals surface area (Å²) in [6, 6.07) is 0. The predicted molar refractivity (Wildman–Crippen MR) is 116 cm³/mol. The summed E-state index contributed by atoms with van der Waals surface area (Å²) in [6.07, 6.45) is 0.814. The molecule has 0 bridgehead atoms. The molecule has 5 nitrogen and oxygen atoms in total. The molecule has 0 aliphatic carbocycles. The molecule has 27 heavy (non-hydrogen) atoms. The van der Waals surface area contributed by atoms with Crippen LogP contribution in [0.2, 0.25) is 0 Å². The van der Waals surface area contributed by atoms with Crippen molar-refractivity contribution in [1.82, 2.24) is 14.7 Å². The number of rotatable bonds is 11. The molecular weight excluding hydrogens is 338 g/mol. The van der Waals surface area contributed by atoms with Crippen LogP contribution in [-0.4, -0.2) is 88.2 Å². The van der Waals surface area contributed by atoms with Gasteiger partial charge in [0.2, 0.25) is 0 Å². The first-order chi connectivity index (χ1) is 12.1. The Bertz CT molecular complexity index is 438. The molecule has 1 unspecified atom stereocenters. The molecule has 0 rings (SSSR count). The summed E-state index contributed by atoms with van der Waals surface area (Å²) >= 11 is 0. The van der Waals surface area contributed by atoms with Gasteiger partial charge in [-0.05, 0) is 52.4 Å². The molecule has 0 saturated carbocycles. The van der Waals surface area contributed by atoms with Gasteiger partial charge in [-0.25, -0.2) is 0 Å². The molecule has 0 aliphatic rings. The third-order valence-corrected chi connectivity index (χ3v) is 5.49. The first-order valence-electron chi connectivity index (χ1n) is 10.3. The van der Waals surface area contributed by atoms with E-state index in [4.69, 9.17) is 4.74 Å². The van der Waals surface area contributed by atoms with Crippen molar-refractivity contribution in [3.8, 4) is 0 Å². The Labute approximate surface area is 169 Å². The fourth-order valence-corrected chi connectivity index (χ4v) is 3.09. The first kappa shape index (κ1) is 26.4. The summed E-state index contributed by atoms with van der Waals surface area (Å²) in [4.78, 5) is 19.7. The lowest BCUT2D eigenvalue weighted by Gasteiger charge is -2.43. The molecule has 0 aromatic rings. The lowest BCUT2D eigenvalue weighted by molar-refractivity contribution is -0.165. The van der Waals surface area contributed by atoms with E-state index in [0.717, 1.165) is 39.1 Å². The van der Waals surface area contributed by atoms with Crippen molar-refractivity contribution in [3.05, 3.63) is 0 Å². The quantitative estimate of drug-likeness (QED) is 0.509. The van der Waals surface area contributed by atoms with Crippen LogP contribution in [0.15, 0.2) is 0 Å². The van der Waals surface area contributed by atoms with Crippen LogP contribution < -0.4 is 0 Å². The van der Waals surface area contributed by atoms with E-state index in [1.807, 2.05) is 0 Å². The molecule has 0 spiro atoms. The number of carbonyl (C=O) groups is 1. The zero-order valence-electron chi connectivity index (χ0n) is 20.1. The molecule has 0 heterocycles. The van der Waals surface area contributed by atoms with Gasteiger partial charge in [0.15, 0.2) is 0 Å². The summed E-state index contributed by atoms with van der Waals surface area (Å²) in [5.74, 6) is -0.0681. The minimum Gasteiger partial charge on any atom is -0.464 e. The molecule has 0 amide bonds. The van der Waals surface area contributed by atoms with E-state index in [2.05, 4.69) is 91.4 Å². The average molecular weight is 386 g/mol. The Balaban J connectivity index is 4.46. The van der Waals surface area contributed by atoms with E-state index >= 15 is 0 Å². The van der Waals surface area contributed by atoms with Gasteiger partial charge < -0.3 is 19.4 Å². The number of esters is 1. The Morgan fingerprint density at radius 2 is 1.19 bits per heavy atom. The maximum absolute atomic E-state index is 12.9. The second-order valence-electron chi connectivity index (χ2n) is 10.9. The zero-order valence-corrected chi connectivity index (χ0v) is 20.1. The second kappa shape index (κ2) is 10.8. The molecular formula is C22H47N3O2. The van der Waals surface area contributed by atoms with Gasteiger partial charge >= 0.3 is 5.97 Å². The summed E-state index contributed by atoms with van der Waals surface area (Å²) in [5, 5.41) is 0. The minimum atomic E-state index is -0.490. The van der Waals surface area contributed by atoms with Gasteiger partial charge in [-0.15, -0.1) is 0 Å². The molecule has 0 N–H and O–H groups in total. The molecule has 0 fully saturated rings. The highest BCUT2D eigenvalue weighted by Crippen LogP contribution is 2.47. The Morgan fingerprint density at radius 3 is 1.59 bits per heavy atom. The van der Waals surface area contributed by atoms with Crippen molar-refractivity contribution in [2.24, 2.45) is 16.2 Å². The van der Waals surface area contributed by atoms with E-state index in [1.54, 1.807) is 0 Å². The molecule has 162 valence electrons. The van der Waals surface area contributed by atoms with Crippen molar-refractivity contribution in [2.45, 2.75) is 54.9 Å². The van der Waals surface area contributed by atoms with Gasteiger partial charge in [0.1, 0.15) is 6.61 Å². The van der Waals surface area contributed by atoms with Crippen LogP contribution in [0.1, 0.15) is 54.9 Å². The highest BCUT2D eigenvalue weighted by Gasteiger charge is 2.47. The van der Waals surface area contributed by atoms with Gasteiger partial charge in [0.25, 0.3) is 0 Å². The fourth-order valence-electron chi connectivity index (χ4n) is 3.09. The number of likely N-dealkylation sites (N-methyl/N-ethyl adjacent to an activating group) is 3. The van der Waals surface area contributed by atoms with Crippen LogP contribution in [0.25, 0.3) is 0 Å². The van der Waals surface area contributed by atoms with Crippen LogP contribution >= 0.6 is 0 Å². The van der Waals surface area contributed by atoms with Gasteiger partial charge in [0, 0.05) is 32.7 Å². The fraction of sp³-hybridized carbons (Fsp3) is 0.955. The van der Waals surface area contributed by atoms with E-state index in [1.165, 1.54) is 0 Å². The molecule has 5 heteroatoms. The topological polar surface area (TPSA) is 36.0 Å². The lowest BCUT2D eigenvalue weighted by Crippen LogP contribution is -2.45. The maximum atomic E-state index is 12.9. The van der Waals surface area contributed by atoms with Crippen LogP contribution in [0.5, 0.6) is 0 Å². The number of ether oxygens (including phenoxy) is 1. The SMILES string of the molecule is CN(C)CCN(C)CCN(C)CCOC(=O)C(C)(CC(C)(C)C)C(C)(C)C. The Hall–Kier alpha value is -0.650. The van der Waals surface area contributed by atoms with Crippen molar-refractivity contribution >= 4 is 5.97 Å². The second-order valence-corrected chi connectivity index (χ2v) is 10.9. The number of nitrogens with zero attached hydrogens (tertiary/aromatic N) is 3. The summed E-state index contributed by atoms with van der Waals surface area (Å²) in [6.45, 7) is 20.4. The summed E-state index contributed by atoms with van der Waals surface area (Å²) in [5.41, 5.74) is -0.552. The molecule has 1 atom stereocenters. The molecule has 0 radical (unpaired) electrons. The Morgan fingerprint density at radius 1 is 0.741 bits per heavy atom. The molecule has 0 aromatic carbocycles. The number of hydrogen-bond acceptors (Lipinski definition) is 5. The van der Waals surface area contributed by atoms with Crippen LogP contribution in [-0.2, 0) is 9.53 Å². The van der Waals surface area contributed by atoms with E-state index in [-0.39, 0.29) is 16.8 Å². The minimum absolute atomic E-state index is 0.0681. The average Bonchev–Trinajstić information content (AvgIpc) is 2.47. The molecule has 0 saturated heterocycles. The van der Waals surface area contributed by atoms with Crippen molar-refractivity contribution < 1.29 is 9.53 Å². The largest absolute Gasteiger partial charge is 0.464 e. The molecule has 0 aromatic heterocycles. The maximum Gasteiger partial charge on any atom is 0.312 e. The Kier molecular flexibility index (Phi) is 10.5. The third kappa shape index (κ3) is 10.5. The lowest BCUT2D eigenvalue weighted by atomic mass is 9.61. The predicted octanol–water partition coefficient (Wildman–Crippen LogP) is 3.44. The van der Waals surface area contributed by atoms with E-state index in [0.29, 0.717) is 6.61 Å². The highest BCUT2D eigenvalue weighted by atomic mass is 16.5. The van der Waals surface area contributed by atoms with Crippen LogP contribution in [0, 0.1) is 16.2 Å². The standard InChI is InChI=1S/C22H47N3O2/c1-20(2,3)18-22(7,21(4,5)6)19(26)27-17-16-25(11)15-14-24(10)13-12-23(8)9/h12-18H2,1-11H3. The van der Waals surface area contributed by atoms with E-state index in [9.17, 15) is 4.79 Å². The van der Waals surface area contributed by atoms with Crippen LogP contribution in [0.4, 0.5) is 0 Å².